The van der Waals surface area contributed by atoms with Crippen LogP contribution in [0.15, 0.2) is 53.6 Å². The lowest BCUT2D eigenvalue weighted by Crippen LogP contribution is -2.28. The molecule has 8 nitrogen and oxygen atoms in total. The van der Waals surface area contributed by atoms with Crippen molar-refractivity contribution in [2.75, 3.05) is 5.32 Å². The number of nitrogens with zero attached hydrogens (tertiary/aromatic N) is 5. The van der Waals surface area contributed by atoms with Crippen LogP contribution in [0.5, 0.6) is 0 Å². The molecule has 13 heteroatoms. The molecule has 4 rings (SSSR count). The molecular formula is C20H13ClF4N6O2. The number of aromatic nitrogens is 5. The highest BCUT2D eigenvalue weighted by atomic mass is 35.5. The quantitative estimate of drug-likeness (QED) is 0.441. The van der Waals surface area contributed by atoms with Crippen molar-refractivity contribution in [3.05, 3.63) is 81.1 Å². The lowest BCUT2D eigenvalue weighted by atomic mass is 10.2. The highest BCUT2D eigenvalue weighted by Crippen LogP contribution is 2.33. The number of nitrogens with one attached hydrogen (secondary N) is 1. The van der Waals surface area contributed by atoms with Crippen molar-refractivity contribution in [3.8, 4) is 0 Å². The van der Waals surface area contributed by atoms with E-state index in [2.05, 4.69) is 20.6 Å². The second-order valence-corrected chi connectivity index (χ2v) is 7.34. The zero-order valence-corrected chi connectivity index (χ0v) is 17.2. The van der Waals surface area contributed by atoms with Gasteiger partial charge in [-0.2, -0.15) is 13.2 Å². The molecule has 0 aliphatic carbocycles. The summed E-state index contributed by atoms with van der Waals surface area (Å²) in [5.74, 6) is -1.27. The maximum Gasteiger partial charge on any atom is 0.416 e. The Bertz CT molecular complexity index is 1420. The lowest BCUT2D eigenvalue weighted by Gasteiger charge is -2.12. The van der Waals surface area contributed by atoms with Gasteiger partial charge in [-0.05, 0) is 24.3 Å². The summed E-state index contributed by atoms with van der Waals surface area (Å²) in [6.07, 6.45) is -3.55. The van der Waals surface area contributed by atoms with Gasteiger partial charge in [0.15, 0.2) is 11.2 Å². The van der Waals surface area contributed by atoms with Crippen LogP contribution in [0.2, 0.25) is 5.02 Å². The van der Waals surface area contributed by atoms with E-state index in [-0.39, 0.29) is 28.4 Å². The van der Waals surface area contributed by atoms with Crippen LogP contribution in [-0.4, -0.2) is 30.5 Å². The minimum absolute atomic E-state index is 0.0197. The number of benzene rings is 2. The highest BCUT2D eigenvalue weighted by Gasteiger charge is 2.31. The molecule has 0 fully saturated rings. The number of anilines is 1. The molecular weight excluding hydrogens is 468 g/mol. The first kappa shape index (κ1) is 22.4. The molecule has 0 bridgehead atoms. The van der Waals surface area contributed by atoms with E-state index >= 15 is 0 Å². The van der Waals surface area contributed by atoms with Gasteiger partial charge in [0.25, 0.3) is 5.56 Å². The Kier molecular flexibility index (Phi) is 5.85. The van der Waals surface area contributed by atoms with Crippen LogP contribution < -0.4 is 10.9 Å². The summed E-state index contributed by atoms with van der Waals surface area (Å²) in [5, 5.41) is 9.74. The average molecular weight is 481 g/mol. The number of rotatable bonds is 5. The van der Waals surface area contributed by atoms with Crippen molar-refractivity contribution >= 4 is 34.4 Å². The maximum atomic E-state index is 13.9. The molecule has 1 N–H and O–H groups in total. The van der Waals surface area contributed by atoms with E-state index in [0.717, 1.165) is 23.0 Å². The van der Waals surface area contributed by atoms with Crippen LogP contribution >= 0.6 is 11.6 Å². The first-order chi connectivity index (χ1) is 15.6. The van der Waals surface area contributed by atoms with E-state index in [1.807, 2.05) is 0 Å². The van der Waals surface area contributed by atoms with E-state index in [9.17, 15) is 27.2 Å². The fraction of sp³-hybridized carbons (Fsp3) is 0.150. The monoisotopic (exact) mass is 480 g/mol. The van der Waals surface area contributed by atoms with Gasteiger partial charge in [0, 0.05) is 5.56 Å². The highest BCUT2D eigenvalue weighted by molar-refractivity contribution is 6.33. The van der Waals surface area contributed by atoms with E-state index in [4.69, 9.17) is 11.6 Å². The fourth-order valence-corrected chi connectivity index (χ4v) is 3.20. The number of alkyl halides is 3. The fourth-order valence-electron chi connectivity index (χ4n) is 3.04. The molecule has 2 aromatic heterocycles. The molecule has 170 valence electrons. The molecule has 2 heterocycles. The van der Waals surface area contributed by atoms with Crippen molar-refractivity contribution in [3.63, 3.8) is 0 Å². The summed E-state index contributed by atoms with van der Waals surface area (Å²) in [4.78, 5) is 29.1. The Labute approximate surface area is 187 Å². The Hall–Kier alpha value is -3.80. The van der Waals surface area contributed by atoms with Crippen molar-refractivity contribution in [1.82, 2.24) is 24.5 Å². The zero-order chi connectivity index (χ0) is 23.8. The van der Waals surface area contributed by atoms with Crippen molar-refractivity contribution in [2.45, 2.75) is 19.3 Å². The summed E-state index contributed by atoms with van der Waals surface area (Å²) in [6, 6.07) is 8.49. The lowest BCUT2D eigenvalue weighted by molar-refractivity contribution is -0.137. The number of fused-ring (bicyclic) bond motifs is 1. The van der Waals surface area contributed by atoms with Crippen molar-refractivity contribution in [1.29, 1.82) is 0 Å². The third kappa shape index (κ3) is 4.70. The molecule has 0 spiro atoms. The van der Waals surface area contributed by atoms with Crippen molar-refractivity contribution in [2.24, 2.45) is 0 Å². The molecule has 0 saturated carbocycles. The average Bonchev–Trinajstić information content (AvgIpc) is 3.16. The van der Waals surface area contributed by atoms with Gasteiger partial charge in [-0.1, -0.05) is 35.0 Å². The largest absolute Gasteiger partial charge is 0.416 e. The maximum absolute atomic E-state index is 13.9. The van der Waals surface area contributed by atoms with Gasteiger partial charge in [0.2, 0.25) is 5.91 Å². The van der Waals surface area contributed by atoms with Crippen molar-refractivity contribution < 1.29 is 22.4 Å². The summed E-state index contributed by atoms with van der Waals surface area (Å²) in [5.41, 5.74) is -1.71. The third-order valence-corrected chi connectivity index (χ3v) is 4.98. The second-order valence-electron chi connectivity index (χ2n) is 6.93. The molecule has 33 heavy (non-hydrogen) atoms. The Morgan fingerprint density at radius 2 is 1.91 bits per heavy atom. The molecule has 0 unspecified atom stereocenters. The molecule has 0 aliphatic heterocycles. The first-order valence-electron chi connectivity index (χ1n) is 9.32. The predicted molar refractivity (Wildman–Crippen MR) is 110 cm³/mol. The molecule has 0 radical (unpaired) electrons. The smallest absolute Gasteiger partial charge is 0.323 e. The molecule has 4 aromatic rings. The number of amides is 1. The van der Waals surface area contributed by atoms with Gasteiger partial charge in [0.05, 0.1) is 22.8 Å². The van der Waals surface area contributed by atoms with Crippen LogP contribution in [0.1, 0.15) is 11.1 Å². The summed E-state index contributed by atoms with van der Waals surface area (Å²) >= 11 is 5.87. The number of carbonyl (C=O) groups excluding carboxylic acids is 1. The molecule has 0 atom stereocenters. The number of carbonyl (C=O) groups is 1. The standard InChI is InChI=1S/C20H13ClF4N6O2/c21-13-6-5-12(20(23,24)25)7-15(13)27-16(32)9-30-10-26-18-17(19(30)33)28-29-31(18)8-11-3-1-2-4-14(11)22/h1-7,10H,8-9H2,(H,27,32). The van der Waals surface area contributed by atoms with Gasteiger partial charge >= 0.3 is 6.18 Å². The molecule has 0 saturated heterocycles. The van der Waals surface area contributed by atoms with E-state index < -0.39 is 35.6 Å². The Balaban J connectivity index is 1.55. The van der Waals surface area contributed by atoms with Gasteiger partial charge < -0.3 is 5.32 Å². The SMILES string of the molecule is O=C(Cn1cnc2c(nnn2Cc2ccccc2F)c1=O)Nc1cc(C(F)(F)F)ccc1Cl. The van der Waals surface area contributed by atoms with Crippen LogP contribution in [0.4, 0.5) is 23.2 Å². The minimum atomic E-state index is -4.62. The van der Waals surface area contributed by atoms with E-state index in [0.29, 0.717) is 11.6 Å². The number of hydrogen-bond donors (Lipinski definition) is 1. The Morgan fingerprint density at radius 3 is 2.64 bits per heavy atom. The summed E-state index contributed by atoms with van der Waals surface area (Å²) < 4.78 is 54.8. The zero-order valence-electron chi connectivity index (χ0n) is 16.5. The van der Waals surface area contributed by atoms with E-state index in [1.165, 1.54) is 16.8 Å². The molecule has 2 aromatic carbocycles. The summed E-state index contributed by atoms with van der Waals surface area (Å²) in [7, 11) is 0. The van der Waals surface area contributed by atoms with Gasteiger partial charge in [-0.25, -0.2) is 14.1 Å². The van der Waals surface area contributed by atoms with Crippen LogP contribution in [-0.2, 0) is 24.1 Å². The topological polar surface area (TPSA) is 94.7 Å². The normalized spacial score (nSPS) is 11.7. The van der Waals surface area contributed by atoms with Crippen LogP contribution in [0.25, 0.3) is 11.2 Å². The van der Waals surface area contributed by atoms with Crippen LogP contribution in [0.3, 0.4) is 0 Å². The van der Waals surface area contributed by atoms with Gasteiger partial charge in [0.1, 0.15) is 18.7 Å². The second kappa shape index (κ2) is 8.62. The molecule has 0 aliphatic rings. The molecule has 1 amide bonds. The van der Waals surface area contributed by atoms with E-state index in [1.54, 1.807) is 12.1 Å². The van der Waals surface area contributed by atoms with Crippen LogP contribution in [0, 0.1) is 5.82 Å². The minimum Gasteiger partial charge on any atom is -0.323 e. The number of halogens is 5. The number of hydrogen-bond acceptors (Lipinski definition) is 5. The summed E-state index contributed by atoms with van der Waals surface area (Å²) in [6.45, 7) is -0.581. The van der Waals surface area contributed by atoms with Gasteiger partial charge in [-0.15, -0.1) is 5.10 Å². The van der Waals surface area contributed by atoms with Gasteiger partial charge in [-0.3, -0.25) is 14.2 Å². The Morgan fingerprint density at radius 1 is 1.15 bits per heavy atom. The first-order valence-corrected chi connectivity index (χ1v) is 9.70. The predicted octanol–water partition coefficient (Wildman–Crippen LogP) is 3.49. The third-order valence-electron chi connectivity index (χ3n) is 4.65.